The first-order chi connectivity index (χ1) is 14.6. The molecule has 0 radical (unpaired) electrons. The Kier molecular flexibility index (Phi) is 8.55. The van der Waals surface area contributed by atoms with Gasteiger partial charge in [-0.1, -0.05) is 48.0 Å². The normalized spacial score (nSPS) is 17.6. The number of methoxy groups -OCH3 is 1. The van der Waals surface area contributed by atoms with Crippen LogP contribution in [0.25, 0.3) is 0 Å². The van der Waals surface area contributed by atoms with Gasteiger partial charge in [-0.15, -0.1) is 0 Å². The summed E-state index contributed by atoms with van der Waals surface area (Å²) in [6.07, 6.45) is 2.08. The molecule has 1 N–H and O–H groups in total. The molecule has 1 saturated heterocycles. The van der Waals surface area contributed by atoms with Gasteiger partial charge in [0.25, 0.3) is 0 Å². The van der Waals surface area contributed by atoms with Gasteiger partial charge < -0.3 is 15.0 Å². The topological polar surface area (TPSA) is 44.8 Å². The Morgan fingerprint density at radius 2 is 2.00 bits per heavy atom. The number of halogens is 1. The van der Waals surface area contributed by atoms with Crippen LogP contribution in [0.1, 0.15) is 30.0 Å². The van der Waals surface area contributed by atoms with E-state index in [1.807, 2.05) is 18.2 Å². The van der Waals surface area contributed by atoms with Crippen LogP contribution in [0.15, 0.2) is 48.5 Å². The lowest BCUT2D eigenvalue weighted by Gasteiger charge is -2.40. The molecular formula is C24H32ClN3O2. The minimum atomic E-state index is 0.0833. The summed E-state index contributed by atoms with van der Waals surface area (Å²) in [6.45, 7) is 4.88. The molecule has 1 unspecified atom stereocenters. The minimum absolute atomic E-state index is 0.0833. The second kappa shape index (κ2) is 11.3. The first-order valence-corrected chi connectivity index (χ1v) is 11.0. The molecular weight excluding hydrogens is 398 g/mol. The van der Waals surface area contributed by atoms with Crippen LogP contribution in [0.4, 0.5) is 0 Å². The Hall–Kier alpha value is -2.08. The summed E-state index contributed by atoms with van der Waals surface area (Å²) in [7, 11) is 3.78. The molecule has 0 spiro atoms. The number of hydrogen-bond acceptors (Lipinski definition) is 4. The van der Waals surface area contributed by atoms with Gasteiger partial charge in [0.15, 0.2) is 0 Å². The van der Waals surface area contributed by atoms with Crippen molar-refractivity contribution in [1.82, 2.24) is 15.1 Å². The predicted molar refractivity (Wildman–Crippen MR) is 122 cm³/mol. The average molecular weight is 430 g/mol. The summed E-state index contributed by atoms with van der Waals surface area (Å²) < 4.78 is 5.16. The molecule has 0 saturated carbocycles. The van der Waals surface area contributed by atoms with E-state index in [0.717, 1.165) is 38.2 Å². The van der Waals surface area contributed by atoms with Crippen LogP contribution in [0, 0.1) is 0 Å². The maximum absolute atomic E-state index is 12.2. The van der Waals surface area contributed by atoms with Crippen molar-refractivity contribution in [2.75, 3.05) is 46.9 Å². The van der Waals surface area contributed by atoms with Crippen LogP contribution in [-0.2, 0) is 11.2 Å². The van der Waals surface area contributed by atoms with E-state index in [9.17, 15) is 4.79 Å². The van der Waals surface area contributed by atoms with Crippen molar-refractivity contribution in [2.24, 2.45) is 0 Å². The van der Waals surface area contributed by atoms with Crippen molar-refractivity contribution in [3.05, 3.63) is 64.7 Å². The SMILES string of the molecule is COc1ccc(CCC(=O)NCCCN2CCN(C)CC2c2ccccc2)cc1Cl. The molecule has 1 atom stereocenters. The number of likely N-dealkylation sites (N-methyl/N-ethyl adjacent to an activating group) is 1. The molecule has 6 heteroatoms. The highest BCUT2D eigenvalue weighted by atomic mass is 35.5. The molecule has 0 bridgehead atoms. The third kappa shape index (κ3) is 6.46. The highest BCUT2D eigenvalue weighted by molar-refractivity contribution is 6.32. The number of nitrogens with zero attached hydrogens (tertiary/aromatic N) is 2. The molecule has 2 aromatic rings. The lowest BCUT2D eigenvalue weighted by Crippen LogP contribution is -2.47. The van der Waals surface area contributed by atoms with Crippen LogP contribution in [0.3, 0.4) is 0 Å². The molecule has 1 aliphatic rings. The summed E-state index contributed by atoms with van der Waals surface area (Å²) in [5.41, 5.74) is 2.41. The standard InChI is InChI=1S/C24H32ClN3O2/c1-27-15-16-28(22(18-27)20-7-4-3-5-8-20)14-6-13-26-24(29)12-10-19-9-11-23(30-2)21(25)17-19/h3-5,7-9,11,17,22H,6,10,12-16,18H2,1-2H3,(H,26,29). The Labute approximate surface area is 185 Å². The Balaban J connectivity index is 1.40. The number of carbonyl (C=O) groups is 1. The van der Waals surface area contributed by atoms with Crippen LogP contribution in [0.5, 0.6) is 5.75 Å². The first kappa shape index (κ1) is 22.6. The number of rotatable bonds is 9. The van der Waals surface area contributed by atoms with Gasteiger partial charge in [0.2, 0.25) is 5.91 Å². The van der Waals surface area contributed by atoms with Crippen LogP contribution in [0.2, 0.25) is 5.02 Å². The number of amides is 1. The van der Waals surface area contributed by atoms with Gasteiger partial charge in [0.1, 0.15) is 5.75 Å². The van der Waals surface area contributed by atoms with Crippen molar-refractivity contribution in [3.8, 4) is 5.75 Å². The smallest absolute Gasteiger partial charge is 0.220 e. The molecule has 162 valence electrons. The highest BCUT2D eigenvalue weighted by Gasteiger charge is 2.25. The quantitative estimate of drug-likeness (QED) is 0.616. The van der Waals surface area contributed by atoms with E-state index in [1.165, 1.54) is 5.56 Å². The molecule has 0 aliphatic carbocycles. The van der Waals surface area contributed by atoms with Gasteiger partial charge in [0, 0.05) is 45.2 Å². The summed E-state index contributed by atoms with van der Waals surface area (Å²) >= 11 is 6.15. The van der Waals surface area contributed by atoms with Crippen LogP contribution < -0.4 is 10.1 Å². The zero-order valence-electron chi connectivity index (χ0n) is 17.9. The molecule has 0 aromatic heterocycles. The maximum Gasteiger partial charge on any atom is 0.220 e. The molecule has 1 aliphatic heterocycles. The fourth-order valence-corrected chi connectivity index (χ4v) is 4.22. The summed E-state index contributed by atoms with van der Waals surface area (Å²) in [6, 6.07) is 16.8. The van der Waals surface area contributed by atoms with Crippen molar-refractivity contribution in [2.45, 2.75) is 25.3 Å². The third-order valence-electron chi connectivity index (χ3n) is 5.68. The van der Waals surface area contributed by atoms with Crippen molar-refractivity contribution >= 4 is 17.5 Å². The maximum atomic E-state index is 12.2. The zero-order valence-corrected chi connectivity index (χ0v) is 18.7. The van der Waals surface area contributed by atoms with Gasteiger partial charge in [-0.2, -0.15) is 0 Å². The molecule has 1 fully saturated rings. The van der Waals surface area contributed by atoms with Crippen molar-refractivity contribution in [3.63, 3.8) is 0 Å². The molecule has 2 aromatic carbocycles. The van der Waals surface area contributed by atoms with E-state index in [2.05, 4.69) is 52.5 Å². The Morgan fingerprint density at radius 3 is 2.73 bits per heavy atom. The number of ether oxygens (including phenoxy) is 1. The summed E-state index contributed by atoms with van der Waals surface area (Å²) in [5, 5.41) is 3.64. The van der Waals surface area contributed by atoms with E-state index in [4.69, 9.17) is 16.3 Å². The van der Waals surface area contributed by atoms with Crippen LogP contribution >= 0.6 is 11.6 Å². The van der Waals surface area contributed by atoms with Gasteiger partial charge >= 0.3 is 0 Å². The highest BCUT2D eigenvalue weighted by Crippen LogP contribution is 2.26. The summed E-state index contributed by atoms with van der Waals surface area (Å²) in [5.74, 6) is 0.738. The predicted octanol–water partition coefficient (Wildman–Crippen LogP) is 3.78. The number of piperazine rings is 1. The lowest BCUT2D eigenvalue weighted by molar-refractivity contribution is -0.121. The van der Waals surface area contributed by atoms with Gasteiger partial charge in [-0.05, 0) is 43.1 Å². The molecule has 1 heterocycles. The number of nitrogens with one attached hydrogen (secondary N) is 1. The van der Waals surface area contributed by atoms with Crippen LogP contribution in [-0.4, -0.2) is 62.6 Å². The number of aryl methyl sites for hydroxylation is 1. The summed E-state index contributed by atoms with van der Waals surface area (Å²) in [4.78, 5) is 17.1. The first-order valence-electron chi connectivity index (χ1n) is 10.6. The fraction of sp³-hybridized carbons (Fsp3) is 0.458. The molecule has 1 amide bonds. The fourth-order valence-electron chi connectivity index (χ4n) is 3.94. The van der Waals surface area contributed by atoms with Crippen molar-refractivity contribution < 1.29 is 9.53 Å². The number of carbonyl (C=O) groups excluding carboxylic acids is 1. The zero-order chi connectivity index (χ0) is 21.3. The van der Waals surface area contributed by atoms with E-state index in [0.29, 0.717) is 36.2 Å². The minimum Gasteiger partial charge on any atom is -0.495 e. The van der Waals surface area contributed by atoms with Gasteiger partial charge in [0.05, 0.1) is 12.1 Å². The number of benzene rings is 2. The van der Waals surface area contributed by atoms with E-state index < -0.39 is 0 Å². The largest absolute Gasteiger partial charge is 0.495 e. The van der Waals surface area contributed by atoms with E-state index >= 15 is 0 Å². The van der Waals surface area contributed by atoms with Crippen molar-refractivity contribution in [1.29, 1.82) is 0 Å². The Morgan fingerprint density at radius 1 is 1.20 bits per heavy atom. The number of hydrogen-bond donors (Lipinski definition) is 1. The Bertz CT molecular complexity index is 815. The monoisotopic (exact) mass is 429 g/mol. The van der Waals surface area contributed by atoms with E-state index in [1.54, 1.807) is 7.11 Å². The lowest BCUT2D eigenvalue weighted by atomic mass is 10.0. The average Bonchev–Trinajstić information content (AvgIpc) is 2.76. The van der Waals surface area contributed by atoms with Gasteiger partial charge in [-0.3, -0.25) is 9.69 Å². The molecule has 30 heavy (non-hydrogen) atoms. The van der Waals surface area contributed by atoms with Gasteiger partial charge in [-0.25, -0.2) is 0 Å². The third-order valence-corrected chi connectivity index (χ3v) is 5.98. The molecule has 5 nitrogen and oxygen atoms in total. The second-order valence-electron chi connectivity index (χ2n) is 7.90. The second-order valence-corrected chi connectivity index (χ2v) is 8.30. The van der Waals surface area contributed by atoms with E-state index in [-0.39, 0.29) is 5.91 Å². The molecule has 3 rings (SSSR count).